The highest BCUT2D eigenvalue weighted by molar-refractivity contribution is 7.17. The maximum atomic E-state index is 13.5. The number of hydrogen-bond donors (Lipinski definition) is 1. The zero-order chi connectivity index (χ0) is 23.9. The number of alkyl halides is 3. The van der Waals surface area contributed by atoms with Gasteiger partial charge in [-0.2, -0.15) is 18.3 Å². The van der Waals surface area contributed by atoms with Gasteiger partial charge in [0.25, 0.3) is 0 Å². The monoisotopic (exact) mass is 480 g/mol. The summed E-state index contributed by atoms with van der Waals surface area (Å²) in [6, 6.07) is 0.975. The smallest absolute Gasteiger partial charge is 0.417 e. The summed E-state index contributed by atoms with van der Waals surface area (Å²) in [5.41, 5.74) is 0.742. The van der Waals surface area contributed by atoms with Crippen molar-refractivity contribution in [3.05, 3.63) is 39.0 Å². The van der Waals surface area contributed by atoms with Crippen molar-refractivity contribution in [2.75, 3.05) is 12.4 Å². The topological polar surface area (TPSA) is 86.1 Å². The maximum Gasteiger partial charge on any atom is 0.417 e. The molecule has 0 aromatic carbocycles. The summed E-state index contributed by atoms with van der Waals surface area (Å²) in [4.78, 5) is 30.6. The first kappa shape index (κ1) is 23.2. The van der Waals surface area contributed by atoms with Crippen molar-refractivity contribution in [1.29, 1.82) is 0 Å². The first-order valence-corrected chi connectivity index (χ1v) is 11.4. The number of aryl methyl sites for hydroxylation is 3. The number of ether oxygens (including phenoxy) is 1. The molecule has 0 bridgehead atoms. The summed E-state index contributed by atoms with van der Waals surface area (Å²) in [5.74, 6) is -1.03. The molecule has 33 heavy (non-hydrogen) atoms. The highest BCUT2D eigenvalue weighted by atomic mass is 32.1. The van der Waals surface area contributed by atoms with Crippen molar-refractivity contribution in [2.24, 2.45) is 0 Å². The van der Waals surface area contributed by atoms with E-state index < -0.39 is 23.6 Å². The summed E-state index contributed by atoms with van der Waals surface area (Å²) in [6.07, 6.45) is 0.0163. The number of esters is 1. The summed E-state index contributed by atoms with van der Waals surface area (Å²) in [7, 11) is 1.29. The highest BCUT2D eigenvalue weighted by Gasteiger charge is 2.35. The number of aromatic nitrogens is 3. The number of fused-ring (bicyclic) bond motifs is 2. The number of amides is 1. The Hall–Kier alpha value is -2.95. The summed E-state index contributed by atoms with van der Waals surface area (Å²) < 4.78 is 46.7. The van der Waals surface area contributed by atoms with Crippen molar-refractivity contribution in [2.45, 2.75) is 58.7 Å². The Kier molecular flexibility index (Phi) is 6.17. The minimum absolute atomic E-state index is 0.00914. The van der Waals surface area contributed by atoms with Gasteiger partial charge in [-0.15, -0.1) is 11.3 Å². The average Bonchev–Trinajstić information content (AvgIpc) is 3.12. The lowest BCUT2D eigenvalue weighted by molar-refractivity contribution is -0.136. The number of carbonyl (C=O) groups is 2. The van der Waals surface area contributed by atoms with E-state index in [1.807, 2.05) is 0 Å². The predicted octanol–water partition coefficient (Wildman–Crippen LogP) is 4.82. The number of anilines is 1. The Morgan fingerprint density at radius 1 is 1.21 bits per heavy atom. The lowest BCUT2D eigenvalue weighted by atomic mass is 10.1. The number of thiophene rings is 1. The normalized spacial score (nSPS) is 14.1. The average molecular weight is 481 g/mol. The van der Waals surface area contributed by atoms with Gasteiger partial charge < -0.3 is 10.1 Å². The third-order valence-electron chi connectivity index (χ3n) is 5.67. The molecule has 4 rings (SSSR count). The Bertz CT molecular complexity index is 1250. The zero-order valence-electron chi connectivity index (χ0n) is 18.4. The zero-order valence-corrected chi connectivity index (χ0v) is 19.2. The molecule has 0 saturated heterocycles. The van der Waals surface area contributed by atoms with Gasteiger partial charge in [-0.25, -0.2) is 14.5 Å². The molecule has 1 amide bonds. The molecule has 0 saturated carbocycles. The van der Waals surface area contributed by atoms with E-state index in [0.717, 1.165) is 48.6 Å². The molecular weight excluding hydrogens is 457 g/mol. The molecule has 1 aliphatic carbocycles. The van der Waals surface area contributed by atoms with Crippen molar-refractivity contribution in [1.82, 2.24) is 14.8 Å². The van der Waals surface area contributed by atoms with Crippen molar-refractivity contribution >= 4 is 39.2 Å². The van der Waals surface area contributed by atoms with E-state index in [4.69, 9.17) is 4.74 Å². The van der Waals surface area contributed by atoms with Crippen LogP contribution in [0.5, 0.6) is 0 Å². The van der Waals surface area contributed by atoms with Gasteiger partial charge >= 0.3 is 12.1 Å². The number of hydrogen-bond acceptors (Lipinski definition) is 6. The molecule has 3 aromatic heterocycles. The molecule has 176 valence electrons. The van der Waals surface area contributed by atoms with Gasteiger partial charge in [0, 0.05) is 10.6 Å². The lowest BCUT2D eigenvalue weighted by Gasteiger charge is -2.10. The Morgan fingerprint density at radius 3 is 2.64 bits per heavy atom. The van der Waals surface area contributed by atoms with Crippen LogP contribution in [0.15, 0.2) is 6.07 Å². The molecule has 0 spiro atoms. The molecule has 0 aliphatic heterocycles. The van der Waals surface area contributed by atoms with Crippen LogP contribution in [0, 0.1) is 13.8 Å². The van der Waals surface area contributed by atoms with E-state index >= 15 is 0 Å². The van der Waals surface area contributed by atoms with Crippen LogP contribution in [0.2, 0.25) is 0 Å². The molecule has 0 atom stereocenters. The quantitative estimate of drug-likeness (QED) is 0.427. The van der Waals surface area contributed by atoms with Crippen molar-refractivity contribution in [3.63, 3.8) is 0 Å². The fourth-order valence-corrected chi connectivity index (χ4v) is 5.56. The molecule has 1 aliphatic rings. The summed E-state index contributed by atoms with van der Waals surface area (Å²) in [6.45, 7) is 2.57. The van der Waals surface area contributed by atoms with Gasteiger partial charge in [-0.05, 0) is 51.2 Å². The summed E-state index contributed by atoms with van der Waals surface area (Å²) >= 11 is 1.35. The second kappa shape index (κ2) is 8.77. The van der Waals surface area contributed by atoms with Crippen LogP contribution >= 0.6 is 11.3 Å². The Morgan fingerprint density at radius 2 is 1.94 bits per heavy atom. The van der Waals surface area contributed by atoms with Crippen LogP contribution in [-0.2, 0) is 35.1 Å². The molecule has 0 fully saturated rings. The van der Waals surface area contributed by atoms with E-state index in [-0.39, 0.29) is 29.0 Å². The second-order valence-corrected chi connectivity index (χ2v) is 9.16. The maximum absolute atomic E-state index is 13.5. The van der Waals surface area contributed by atoms with E-state index in [1.54, 1.807) is 0 Å². The number of carbonyl (C=O) groups excluding carboxylic acids is 2. The van der Waals surface area contributed by atoms with E-state index in [0.29, 0.717) is 10.6 Å². The van der Waals surface area contributed by atoms with Crippen LogP contribution in [0.3, 0.4) is 0 Å². The minimum Gasteiger partial charge on any atom is -0.465 e. The fourth-order valence-electron chi connectivity index (χ4n) is 4.26. The van der Waals surface area contributed by atoms with Crippen LogP contribution in [0.4, 0.5) is 18.2 Å². The van der Waals surface area contributed by atoms with E-state index in [2.05, 4.69) is 15.4 Å². The standard InChI is InChI=1S/C22H23F3N4O3S/c1-11-9-14(22(23,24)25)17-12(2)28-29(19(17)26-11)10-16(30)27-20-18(21(31)32-3)13-7-5-4-6-8-15(13)33-20/h9H,4-8,10H2,1-3H3,(H,27,30). The van der Waals surface area contributed by atoms with Gasteiger partial charge in [0.1, 0.15) is 11.5 Å². The summed E-state index contributed by atoms with van der Waals surface area (Å²) in [5, 5.41) is 7.17. The third kappa shape index (κ3) is 4.46. The molecule has 0 unspecified atom stereocenters. The number of pyridine rings is 1. The molecular formula is C22H23F3N4O3S. The van der Waals surface area contributed by atoms with Gasteiger partial charge in [0.05, 0.1) is 29.3 Å². The number of methoxy groups -OCH3 is 1. The Labute approximate surface area is 191 Å². The second-order valence-electron chi connectivity index (χ2n) is 8.06. The number of nitrogens with zero attached hydrogens (tertiary/aromatic N) is 3. The molecule has 11 heteroatoms. The number of nitrogens with one attached hydrogen (secondary N) is 1. The molecule has 3 heterocycles. The molecule has 3 aromatic rings. The highest BCUT2D eigenvalue weighted by Crippen LogP contribution is 2.38. The van der Waals surface area contributed by atoms with E-state index in [9.17, 15) is 22.8 Å². The van der Waals surface area contributed by atoms with Gasteiger partial charge in [-0.3, -0.25) is 4.79 Å². The van der Waals surface area contributed by atoms with Crippen molar-refractivity contribution in [3.8, 4) is 0 Å². The van der Waals surface area contributed by atoms with Gasteiger partial charge in [0.2, 0.25) is 5.91 Å². The number of rotatable bonds is 4. The van der Waals surface area contributed by atoms with Crippen LogP contribution in [0.1, 0.15) is 57.0 Å². The number of halogens is 3. The largest absolute Gasteiger partial charge is 0.465 e. The van der Waals surface area contributed by atoms with Gasteiger partial charge in [-0.1, -0.05) is 6.42 Å². The van der Waals surface area contributed by atoms with Crippen LogP contribution in [-0.4, -0.2) is 33.8 Å². The fraction of sp³-hybridized carbons (Fsp3) is 0.455. The first-order chi connectivity index (χ1) is 15.6. The lowest BCUT2D eigenvalue weighted by Crippen LogP contribution is -2.21. The predicted molar refractivity (Wildman–Crippen MR) is 118 cm³/mol. The van der Waals surface area contributed by atoms with E-state index in [1.165, 1.54) is 37.0 Å². The molecule has 1 N–H and O–H groups in total. The molecule has 0 radical (unpaired) electrons. The minimum atomic E-state index is -4.57. The first-order valence-electron chi connectivity index (χ1n) is 10.5. The molecule has 7 nitrogen and oxygen atoms in total. The van der Waals surface area contributed by atoms with Crippen LogP contribution in [0.25, 0.3) is 11.0 Å². The van der Waals surface area contributed by atoms with Crippen LogP contribution < -0.4 is 5.32 Å². The van der Waals surface area contributed by atoms with Crippen molar-refractivity contribution < 1.29 is 27.5 Å². The SMILES string of the molecule is COC(=O)c1c(NC(=O)Cn2nc(C)c3c(C(F)(F)F)cc(C)nc32)sc2c1CCCCC2. The third-order valence-corrected chi connectivity index (χ3v) is 6.88. The Balaban J connectivity index is 1.67. The van der Waals surface area contributed by atoms with Gasteiger partial charge in [0.15, 0.2) is 5.65 Å².